The number of hydrazine groups is 1. The zero-order valence-electron chi connectivity index (χ0n) is 17.4. The number of thiocarbonyl (C=S) groups is 1. The van der Waals surface area contributed by atoms with E-state index < -0.39 is 0 Å². The molecule has 0 spiro atoms. The van der Waals surface area contributed by atoms with Crippen molar-refractivity contribution in [1.29, 1.82) is 0 Å². The molecule has 0 aliphatic carbocycles. The molecule has 156 valence electrons. The van der Waals surface area contributed by atoms with E-state index in [0.29, 0.717) is 28.8 Å². The second kappa shape index (κ2) is 11.3. The fourth-order valence-corrected chi connectivity index (χ4v) is 2.94. The smallest absolute Gasteiger partial charge is 0.269 e. The summed E-state index contributed by atoms with van der Waals surface area (Å²) in [5, 5.41) is 3.47. The van der Waals surface area contributed by atoms with Gasteiger partial charge in [0.25, 0.3) is 5.91 Å². The monoisotopic (exact) mass is 415 g/mol. The molecule has 29 heavy (non-hydrogen) atoms. The van der Waals surface area contributed by atoms with Crippen molar-refractivity contribution in [3.63, 3.8) is 0 Å². The fourth-order valence-electron chi connectivity index (χ4n) is 2.79. The first kappa shape index (κ1) is 22.5. The molecular formula is C22H29N3O3S. The second-order valence-corrected chi connectivity index (χ2v) is 6.97. The molecular weight excluding hydrogens is 386 g/mol. The summed E-state index contributed by atoms with van der Waals surface area (Å²) >= 11 is 5.32. The summed E-state index contributed by atoms with van der Waals surface area (Å²) in [4.78, 5) is 12.5. The Morgan fingerprint density at radius 3 is 2.59 bits per heavy atom. The average Bonchev–Trinajstić information content (AvgIpc) is 2.73. The van der Waals surface area contributed by atoms with Crippen LogP contribution in [0.5, 0.6) is 11.5 Å². The fraction of sp³-hybridized carbons (Fsp3) is 0.364. The van der Waals surface area contributed by atoms with E-state index in [1.54, 1.807) is 25.3 Å². The average molecular weight is 416 g/mol. The molecule has 0 saturated heterocycles. The molecule has 0 aromatic heterocycles. The van der Waals surface area contributed by atoms with E-state index in [4.69, 9.17) is 21.7 Å². The van der Waals surface area contributed by atoms with Crippen molar-refractivity contribution >= 4 is 28.9 Å². The highest BCUT2D eigenvalue weighted by Gasteiger charge is 2.12. The zero-order valence-corrected chi connectivity index (χ0v) is 18.2. The van der Waals surface area contributed by atoms with Gasteiger partial charge in [0.2, 0.25) is 0 Å². The maximum absolute atomic E-state index is 12.5. The number of anilines is 1. The van der Waals surface area contributed by atoms with Crippen molar-refractivity contribution in [1.82, 2.24) is 10.9 Å². The molecule has 0 bridgehead atoms. The number of carbonyl (C=O) groups is 1. The van der Waals surface area contributed by atoms with Crippen LogP contribution < -0.4 is 25.6 Å². The molecule has 2 rings (SSSR count). The number of carbonyl (C=O) groups excluding carboxylic acids is 1. The first-order valence-corrected chi connectivity index (χ1v) is 10.2. The molecule has 0 aliphatic heterocycles. The lowest BCUT2D eigenvalue weighted by atomic mass is 10.1. The van der Waals surface area contributed by atoms with Crippen LogP contribution in [0.15, 0.2) is 36.4 Å². The molecule has 0 saturated carbocycles. The number of rotatable bonds is 8. The summed E-state index contributed by atoms with van der Waals surface area (Å²) in [6, 6.07) is 11.1. The van der Waals surface area contributed by atoms with Gasteiger partial charge >= 0.3 is 0 Å². The summed E-state index contributed by atoms with van der Waals surface area (Å²) in [5.74, 6) is 0.810. The largest absolute Gasteiger partial charge is 0.493 e. The number of hydrogen-bond donors (Lipinski definition) is 3. The predicted octanol–water partition coefficient (Wildman–Crippen LogP) is 4.38. The number of amides is 1. The van der Waals surface area contributed by atoms with Crippen molar-refractivity contribution < 1.29 is 14.3 Å². The molecule has 2 aromatic rings. The van der Waals surface area contributed by atoms with Gasteiger partial charge in [-0.1, -0.05) is 38.5 Å². The van der Waals surface area contributed by atoms with Crippen molar-refractivity contribution in [3.8, 4) is 11.5 Å². The Bertz CT molecular complexity index is 855. The van der Waals surface area contributed by atoms with Crippen LogP contribution in [0.3, 0.4) is 0 Å². The molecule has 1 amide bonds. The highest BCUT2D eigenvalue weighted by Crippen LogP contribution is 2.28. The number of nitrogens with one attached hydrogen (secondary N) is 3. The number of ether oxygens (including phenoxy) is 2. The van der Waals surface area contributed by atoms with Crippen LogP contribution in [0.1, 0.15) is 48.2 Å². The number of unbranched alkanes of at least 4 members (excludes halogenated alkanes) is 1. The van der Waals surface area contributed by atoms with Crippen LogP contribution >= 0.6 is 12.2 Å². The first-order chi connectivity index (χ1) is 14.0. The van der Waals surface area contributed by atoms with E-state index in [-0.39, 0.29) is 5.91 Å². The minimum absolute atomic E-state index is 0.314. The van der Waals surface area contributed by atoms with Gasteiger partial charge < -0.3 is 14.8 Å². The van der Waals surface area contributed by atoms with E-state index in [9.17, 15) is 4.79 Å². The third kappa shape index (κ3) is 6.35. The maximum Gasteiger partial charge on any atom is 0.269 e. The maximum atomic E-state index is 12.5. The minimum atomic E-state index is -0.326. The SMILES string of the molecule is CCCCOc1ccc(C(=O)NNC(=S)Nc2c(C)cccc2CC)cc1OC. The van der Waals surface area contributed by atoms with E-state index in [2.05, 4.69) is 30.0 Å². The van der Waals surface area contributed by atoms with Gasteiger partial charge in [-0.15, -0.1) is 0 Å². The van der Waals surface area contributed by atoms with E-state index in [0.717, 1.165) is 36.1 Å². The predicted molar refractivity (Wildman–Crippen MR) is 121 cm³/mol. The molecule has 0 atom stereocenters. The van der Waals surface area contributed by atoms with Crippen LogP contribution in [0.25, 0.3) is 0 Å². The van der Waals surface area contributed by atoms with Gasteiger partial charge in [0.15, 0.2) is 16.6 Å². The van der Waals surface area contributed by atoms with Crippen molar-refractivity contribution in [2.45, 2.75) is 40.0 Å². The van der Waals surface area contributed by atoms with Crippen LogP contribution in [0.4, 0.5) is 5.69 Å². The Kier molecular flexibility index (Phi) is 8.73. The number of hydrogen-bond acceptors (Lipinski definition) is 4. The summed E-state index contributed by atoms with van der Waals surface area (Å²) < 4.78 is 11.0. The van der Waals surface area contributed by atoms with Gasteiger partial charge in [-0.3, -0.25) is 15.6 Å². The van der Waals surface area contributed by atoms with Crippen molar-refractivity contribution in [2.24, 2.45) is 0 Å². The first-order valence-electron chi connectivity index (χ1n) is 9.76. The Labute approximate surface area is 178 Å². The zero-order chi connectivity index (χ0) is 21.2. The van der Waals surface area contributed by atoms with E-state index in [1.165, 1.54) is 0 Å². The Morgan fingerprint density at radius 1 is 1.10 bits per heavy atom. The highest BCUT2D eigenvalue weighted by molar-refractivity contribution is 7.80. The van der Waals surface area contributed by atoms with E-state index >= 15 is 0 Å². The van der Waals surface area contributed by atoms with Gasteiger partial charge in [-0.25, -0.2) is 0 Å². The molecule has 0 aliphatic rings. The molecule has 6 nitrogen and oxygen atoms in total. The lowest BCUT2D eigenvalue weighted by Gasteiger charge is -2.16. The number of aryl methyl sites for hydroxylation is 2. The summed E-state index contributed by atoms with van der Waals surface area (Å²) in [6.45, 7) is 6.81. The van der Waals surface area contributed by atoms with Gasteiger partial charge in [-0.2, -0.15) is 0 Å². The molecule has 0 radical (unpaired) electrons. The van der Waals surface area contributed by atoms with Crippen LogP contribution in [-0.2, 0) is 6.42 Å². The van der Waals surface area contributed by atoms with Crippen molar-refractivity contribution in [2.75, 3.05) is 19.0 Å². The van der Waals surface area contributed by atoms with Crippen LogP contribution in [0, 0.1) is 6.92 Å². The normalized spacial score (nSPS) is 10.2. The topological polar surface area (TPSA) is 71.6 Å². The number of para-hydroxylation sites is 1. The third-order valence-corrected chi connectivity index (χ3v) is 4.65. The lowest BCUT2D eigenvalue weighted by molar-refractivity contribution is 0.0943. The standard InChI is InChI=1S/C22H29N3O3S/c1-5-7-13-28-18-12-11-17(14-19(18)27-4)21(26)24-25-22(29)23-20-15(3)9-8-10-16(20)6-2/h8-12,14H,5-7,13H2,1-4H3,(H,24,26)(H2,23,25,29). The summed E-state index contributed by atoms with van der Waals surface area (Å²) in [5.41, 5.74) is 8.99. The molecule has 0 unspecified atom stereocenters. The third-order valence-electron chi connectivity index (χ3n) is 4.45. The Balaban J connectivity index is 1.97. The number of benzene rings is 2. The Hall–Kier alpha value is -2.80. The number of methoxy groups -OCH3 is 1. The van der Waals surface area contributed by atoms with Gasteiger partial charge in [0, 0.05) is 11.3 Å². The van der Waals surface area contributed by atoms with Crippen LogP contribution in [-0.4, -0.2) is 24.7 Å². The van der Waals surface area contributed by atoms with Crippen LogP contribution in [0.2, 0.25) is 0 Å². The van der Waals surface area contributed by atoms with Gasteiger partial charge in [0.1, 0.15) is 0 Å². The molecule has 0 fully saturated rings. The second-order valence-electron chi connectivity index (χ2n) is 6.56. The minimum Gasteiger partial charge on any atom is -0.493 e. The highest BCUT2D eigenvalue weighted by atomic mass is 32.1. The van der Waals surface area contributed by atoms with E-state index in [1.807, 2.05) is 25.1 Å². The molecule has 7 heteroatoms. The molecule has 3 N–H and O–H groups in total. The molecule has 2 aromatic carbocycles. The van der Waals surface area contributed by atoms with Gasteiger partial charge in [0.05, 0.1) is 13.7 Å². The lowest BCUT2D eigenvalue weighted by Crippen LogP contribution is -2.44. The van der Waals surface area contributed by atoms with Gasteiger partial charge in [-0.05, 0) is 61.3 Å². The Morgan fingerprint density at radius 2 is 1.90 bits per heavy atom. The molecule has 0 heterocycles. The quantitative estimate of drug-likeness (QED) is 0.338. The summed E-state index contributed by atoms with van der Waals surface area (Å²) in [6.07, 6.45) is 2.89. The summed E-state index contributed by atoms with van der Waals surface area (Å²) in [7, 11) is 1.55. The van der Waals surface area contributed by atoms with Crippen molar-refractivity contribution in [3.05, 3.63) is 53.1 Å².